The molecule has 0 aliphatic carbocycles. The molecule has 0 unspecified atom stereocenters. The molecular weight excluding hydrogens is 152 g/mol. The van der Waals surface area contributed by atoms with Gasteiger partial charge in [-0.05, 0) is 13.0 Å². The molecule has 1 aromatic heterocycles. The first kappa shape index (κ1) is 8.54. The highest BCUT2D eigenvalue weighted by atomic mass is 16.1. The summed E-state index contributed by atoms with van der Waals surface area (Å²) in [5.74, 6) is 5.35. The molecule has 1 aromatic rings. The van der Waals surface area contributed by atoms with Crippen molar-refractivity contribution in [2.45, 2.75) is 13.3 Å². The second-order valence-electron chi connectivity index (χ2n) is 2.40. The van der Waals surface area contributed by atoms with Crippen LogP contribution >= 0.6 is 0 Å². The average Bonchev–Trinajstić information content (AvgIpc) is 2.47. The van der Waals surface area contributed by atoms with Gasteiger partial charge in [0.25, 0.3) is 0 Å². The van der Waals surface area contributed by atoms with Crippen LogP contribution in [0.3, 0.4) is 0 Å². The van der Waals surface area contributed by atoms with Crippen LogP contribution in [-0.2, 0) is 7.05 Å². The highest BCUT2D eigenvalue weighted by Crippen LogP contribution is 1.98. The lowest BCUT2D eigenvalue weighted by Gasteiger charge is -1.88. The standard InChI is InChI=1S/C9H10N2O/c1-3-4-5-9(12)8-6-7-11(2)10-8/h6-7H,5H2,1-2H3. The van der Waals surface area contributed by atoms with E-state index < -0.39 is 0 Å². The Labute approximate surface area is 71.4 Å². The molecule has 0 aliphatic rings. The van der Waals surface area contributed by atoms with Crippen LogP contribution in [0.25, 0.3) is 0 Å². The molecule has 0 aromatic carbocycles. The van der Waals surface area contributed by atoms with Crippen molar-refractivity contribution in [1.82, 2.24) is 9.78 Å². The van der Waals surface area contributed by atoms with Crippen molar-refractivity contribution < 1.29 is 4.79 Å². The lowest BCUT2D eigenvalue weighted by Crippen LogP contribution is -1.99. The fourth-order valence-electron chi connectivity index (χ4n) is 0.823. The number of carbonyl (C=O) groups is 1. The second-order valence-corrected chi connectivity index (χ2v) is 2.40. The predicted octanol–water partition coefficient (Wildman–Crippen LogP) is 1.02. The molecule has 0 amide bonds. The molecule has 0 N–H and O–H groups in total. The van der Waals surface area contributed by atoms with Crippen molar-refractivity contribution in [3.63, 3.8) is 0 Å². The highest BCUT2D eigenvalue weighted by molar-refractivity contribution is 5.95. The third-order valence-electron chi connectivity index (χ3n) is 1.43. The second kappa shape index (κ2) is 3.72. The molecule has 0 spiro atoms. The van der Waals surface area contributed by atoms with E-state index in [0.717, 1.165) is 0 Å². The summed E-state index contributed by atoms with van der Waals surface area (Å²) in [5, 5.41) is 3.96. The first-order valence-electron chi connectivity index (χ1n) is 3.66. The minimum atomic E-state index is -0.0232. The van der Waals surface area contributed by atoms with E-state index in [0.29, 0.717) is 5.69 Å². The first-order chi connectivity index (χ1) is 5.74. The number of rotatable bonds is 2. The number of Topliss-reactive ketones (excluding diaryl/α,β-unsaturated/α-hetero) is 1. The molecule has 3 nitrogen and oxygen atoms in total. The molecule has 1 rings (SSSR count). The van der Waals surface area contributed by atoms with Crippen molar-refractivity contribution in [2.24, 2.45) is 7.05 Å². The lowest BCUT2D eigenvalue weighted by atomic mass is 10.2. The van der Waals surface area contributed by atoms with Crippen molar-refractivity contribution in [2.75, 3.05) is 0 Å². The maximum atomic E-state index is 11.2. The third-order valence-corrected chi connectivity index (χ3v) is 1.43. The molecule has 3 heteroatoms. The summed E-state index contributed by atoms with van der Waals surface area (Å²) in [6.45, 7) is 1.71. The summed E-state index contributed by atoms with van der Waals surface area (Å²) in [5.41, 5.74) is 0.486. The zero-order valence-electron chi connectivity index (χ0n) is 7.16. The predicted molar refractivity (Wildman–Crippen MR) is 45.6 cm³/mol. The van der Waals surface area contributed by atoms with Crippen molar-refractivity contribution in [1.29, 1.82) is 0 Å². The number of nitrogens with zero attached hydrogens (tertiary/aromatic N) is 2. The summed E-state index contributed by atoms with van der Waals surface area (Å²) in [6, 6.07) is 1.69. The number of aryl methyl sites for hydroxylation is 1. The molecular formula is C9H10N2O. The van der Waals surface area contributed by atoms with E-state index in [2.05, 4.69) is 16.9 Å². The molecule has 0 saturated carbocycles. The van der Waals surface area contributed by atoms with Gasteiger partial charge >= 0.3 is 0 Å². The quantitative estimate of drug-likeness (QED) is 0.480. The van der Waals surface area contributed by atoms with E-state index in [1.807, 2.05) is 0 Å². The number of hydrogen-bond donors (Lipinski definition) is 0. The molecule has 0 atom stereocenters. The molecule has 12 heavy (non-hydrogen) atoms. The summed E-state index contributed by atoms with van der Waals surface area (Å²) < 4.78 is 1.60. The third kappa shape index (κ3) is 1.96. The maximum absolute atomic E-state index is 11.2. The Morgan fingerprint density at radius 1 is 1.75 bits per heavy atom. The van der Waals surface area contributed by atoms with Crippen LogP contribution in [0.1, 0.15) is 23.8 Å². The summed E-state index contributed by atoms with van der Waals surface area (Å²) in [4.78, 5) is 11.2. The van der Waals surface area contributed by atoms with Crippen LogP contribution in [-0.4, -0.2) is 15.6 Å². The van der Waals surface area contributed by atoms with Gasteiger partial charge in [-0.15, -0.1) is 5.92 Å². The van der Waals surface area contributed by atoms with E-state index in [-0.39, 0.29) is 12.2 Å². The van der Waals surface area contributed by atoms with Gasteiger partial charge in [-0.1, -0.05) is 5.92 Å². The van der Waals surface area contributed by atoms with Gasteiger partial charge in [0.05, 0.1) is 6.42 Å². The van der Waals surface area contributed by atoms with Crippen LogP contribution in [0.4, 0.5) is 0 Å². The Balaban J connectivity index is 2.69. The van der Waals surface area contributed by atoms with Crippen molar-refractivity contribution >= 4 is 5.78 Å². The van der Waals surface area contributed by atoms with Gasteiger partial charge in [-0.25, -0.2) is 0 Å². The maximum Gasteiger partial charge on any atom is 0.194 e. The number of hydrogen-bond acceptors (Lipinski definition) is 2. The number of carbonyl (C=O) groups excluding carboxylic acids is 1. The highest BCUT2D eigenvalue weighted by Gasteiger charge is 2.05. The van der Waals surface area contributed by atoms with Gasteiger partial charge in [0.2, 0.25) is 0 Å². The zero-order valence-corrected chi connectivity index (χ0v) is 7.16. The number of ketones is 1. The van der Waals surface area contributed by atoms with Gasteiger partial charge in [-0.2, -0.15) is 5.10 Å². The Kier molecular flexibility index (Phi) is 2.65. The Hall–Kier alpha value is -1.56. The summed E-state index contributed by atoms with van der Waals surface area (Å²) in [7, 11) is 1.78. The minimum absolute atomic E-state index is 0.0232. The van der Waals surface area contributed by atoms with Gasteiger partial charge in [0.1, 0.15) is 5.69 Å². The van der Waals surface area contributed by atoms with Crippen LogP contribution < -0.4 is 0 Å². The minimum Gasteiger partial charge on any atom is -0.291 e. The Bertz CT molecular complexity index is 341. The Morgan fingerprint density at radius 2 is 2.50 bits per heavy atom. The number of aromatic nitrogens is 2. The molecule has 0 saturated heterocycles. The summed E-state index contributed by atoms with van der Waals surface area (Å²) >= 11 is 0. The van der Waals surface area contributed by atoms with E-state index >= 15 is 0 Å². The monoisotopic (exact) mass is 162 g/mol. The van der Waals surface area contributed by atoms with Gasteiger partial charge in [0, 0.05) is 13.2 Å². The van der Waals surface area contributed by atoms with Gasteiger partial charge in [0.15, 0.2) is 5.78 Å². The van der Waals surface area contributed by atoms with Gasteiger partial charge < -0.3 is 0 Å². The van der Waals surface area contributed by atoms with Crippen molar-refractivity contribution in [3.8, 4) is 11.8 Å². The molecule has 0 fully saturated rings. The normalized spacial score (nSPS) is 8.83. The molecule has 1 heterocycles. The summed E-state index contributed by atoms with van der Waals surface area (Å²) in [6.07, 6.45) is 2.00. The fourth-order valence-corrected chi connectivity index (χ4v) is 0.823. The van der Waals surface area contributed by atoms with Crippen LogP contribution in [0.2, 0.25) is 0 Å². The molecule has 0 radical (unpaired) electrons. The average molecular weight is 162 g/mol. The van der Waals surface area contributed by atoms with E-state index in [1.165, 1.54) is 0 Å². The molecule has 0 bridgehead atoms. The van der Waals surface area contributed by atoms with E-state index in [9.17, 15) is 4.79 Å². The fraction of sp³-hybridized carbons (Fsp3) is 0.333. The largest absolute Gasteiger partial charge is 0.291 e. The van der Waals surface area contributed by atoms with Crippen molar-refractivity contribution in [3.05, 3.63) is 18.0 Å². The topological polar surface area (TPSA) is 34.9 Å². The molecule has 62 valence electrons. The van der Waals surface area contributed by atoms with E-state index in [1.54, 1.807) is 30.9 Å². The van der Waals surface area contributed by atoms with Crippen LogP contribution in [0.5, 0.6) is 0 Å². The van der Waals surface area contributed by atoms with Crippen LogP contribution in [0.15, 0.2) is 12.3 Å². The van der Waals surface area contributed by atoms with Crippen LogP contribution in [0, 0.1) is 11.8 Å². The molecule has 0 aliphatic heterocycles. The Morgan fingerprint density at radius 3 is 3.00 bits per heavy atom. The SMILES string of the molecule is CC#CCC(=O)c1ccn(C)n1. The smallest absolute Gasteiger partial charge is 0.194 e. The zero-order chi connectivity index (χ0) is 8.97. The first-order valence-corrected chi connectivity index (χ1v) is 3.66. The van der Waals surface area contributed by atoms with Gasteiger partial charge in [-0.3, -0.25) is 9.48 Å². The van der Waals surface area contributed by atoms with E-state index in [4.69, 9.17) is 0 Å². The lowest BCUT2D eigenvalue weighted by molar-refractivity contribution is 0.0992.